The number of rotatable bonds is 2. The van der Waals surface area contributed by atoms with Crippen molar-refractivity contribution in [3.05, 3.63) is 29.8 Å². The van der Waals surface area contributed by atoms with Gasteiger partial charge in [-0.3, -0.25) is 0 Å². The second kappa shape index (κ2) is 6.90. The number of amides is 1. The number of nitrogens with zero attached hydrogens (tertiary/aromatic N) is 2. The van der Waals surface area contributed by atoms with E-state index in [-0.39, 0.29) is 22.8 Å². The van der Waals surface area contributed by atoms with Gasteiger partial charge in [0.2, 0.25) is 5.90 Å². The molecule has 1 aromatic rings. The summed E-state index contributed by atoms with van der Waals surface area (Å²) < 4.78 is 39.0. The number of piperidine rings is 1. The van der Waals surface area contributed by atoms with E-state index in [0.29, 0.717) is 25.3 Å². The Morgan fingerprint density at radius 1 is 1.31 bits per heavy atom. The molecule has 8 heteroatoms. The maximum Gasteiger partial charge on any atom is 0.410 e. The van der Waals surface area contributed by atoms with Gasteiger partial charge >= 0.3 is 6.09 Å². The number of benzene rings is 1. The van der Waals surface area contributed by atoms with Crippen molar-refractivity contribution >= 4 is 22.0 Å². The fraction of sp³-hybridized carbons (Fsp3) is 0.556. The molecule has 142 valence electrons. The molecule has 1 saturated heterocycles. The van der Waals surface area contributed by atoms with E-state index in [4.69, 9.17) is 9.47 Å². The summed E-state index contributed by atoms with van der Waals surface area (Å²) in [5.74, 6) is 0.240. The fourth-order valence-electron chi connectivity index (χ4n) is 3.07. The highest BCUT2D eigenvalue weighted by atomic mass is 32.2. The molecule has 3 rings (SSSR count). The molecule has 0 bridgehead atoms. The summed E-state index contributed by atoms with van der Waals surface area (Å²) in [4.78, 5) is 14.1. The quantitative estimate of drug-likeness (QED) is 0.788. The largest absolute Gasteiger partial charge is 0.476 e. The lowest BCUT2D eigenvalue weighted by Crippen LogP contribution is -2.44. The van der Waals surface area contributed by atoms with E-state index in [0.717, 1.165) is 12.8 Å². The predicted octanol–water partition coefficient (Wildman–Crippen LogP) is 2.80. The van der Waals surface area contributed by atoms with Crippen molar-refractivity contribution in [1.82, 2.24) is 4.90 Å². The summed E-state index contributed by atoms with van der Waals surface area (Å²) >= 11 is 0. The van der Waals surface area contributed by atoms with Gasteiger partial charge in [-0.1, -0.05) is 12.1 Å². The molecule has 2 aliphatic rings. The Hall–Kier alpha value is -2.09. The van der Waals surface area contributed by atoms with Crippen LogP contribution in [0.2, 0.25) is 0 Å². The van der Waals surface area contributed by atoms with Crippen LogP contribution in [0.3, 0.4) is 0 Å². The topological polar surface area (TPSA) is 85.3 Å². The normalized spacial score (nSPS) is 21.7. The van der Waals surface area contributed by atoms with Crippen molar-refractivity contribution in [3.63, 3.8) is 0 Å². The van der Waals surface area contributed by atoms with Crippen molar-refractivity contribution in [2.75, 3.05) is 19.7 Å². The highest BCUT2D eigenvalue weighted by Crippen LogP contribution is 2.27. The molecule has 26 heavy (non-hydrogen) atoms. The monoisotopic (exact) mass is 380 g/mol. The molecule has 0 saturated carbocycles. The molecule has 1 fully saturated rings. The SMILES string of the molecule is CC(C)(C)OC(=O)N1CCC[C@@H](COC2=NS(=O)(=O)c3ccccc32)C1. The second-order valence-corrected chi connectivity index (χ2v) is 9.19. The van der Waals surface area contributed by atoms with Gasteiger partial charge in [0.1, 0.15) is 10.5 Å². The predicted molar refractivity (Wildman–Crippen MR) is 96.6 cm³/mol. The summed E-state index contributed by atoms with van der Waals surface area (Å²) in [6, 6.07) is 6.63. The first-order chi connectivity index (χ1) is 12.2. The Morgan fingerprint density at radius 3 is 2.77 bits per heavy atom. The molecular weight excluding hydrogens is 356 g/mol. The molecule has 2 heterocycles. The number of carbonyl (C=O) groups excluding carboxylic acids is 1. The van der Waals surface area contributed by atoms with Gasteiger partial charge in [-0.05, 0) is 45.7 Å². The smallest absolute Gasteiger partial charge is 0.410 e. The third-order valence-corrected chi connectivity index (χ3v) is 5.54. The maximum absolute atomic E-state index is 12.2. The van der Waals surface area contributed by atoms with Crippen LogP contribution in [-0.2, 0) is 19.5 Å². The van der Waals surface area contributed by atoms with Gasteiger partial charge in [0.05, 0.1) is 12.2 Å². The van der Waals surface area contributed by atoms with Crippen LogP contribution in [0.5, 0.6) is 0 Å². The Balaban J connectivity index is 1.61. The number of sulfonamides is 1. The van der Waals surface area contributed by atoms with Crippen LogP contribution in [0.1, 0.15) is 39.2 Å². The number of fused-ring (bicyclic) bond motifs is 1. The Labute approximate surface area is 154 Å². The van der Waals surface area contributed by atoms with E-state index in [2.05, 4.69) is 4.40 Å². The Kier molecular flexibility index (Phi) is 4.96. The second-order valence-electron chi connectivity index (χ2n) is 7.61. The molecule has 1 atom stereocenters. The standard InChI is InChI=1S/C18H24N2O5S/c1-18(2,3)25-17(21)20-10-6-7-13(11-20)12-24-16-14-8-4-5-9-15(14)26(22,23)19-16/h4-5,8-9,13H,6-7,10-12H2,1-3H3/t13-/m1/s1. The van der Waals surface area contributed by atoms with E-state index in [9.17, 15) is 13.2 Å². The fourth-order valence-corrected chi connectivity index (χ4v) is 4.22. The minimum atomic E-state index is -3.67. The van der Waals surface area contributed by atoms with E-state index in [1.165, 1.54) is 6.07 Å². The van der Waals surface area contributed by atoms with Crippen LogP contribution in [0, 0.1) is 5.92 Å². The summed E-state index contributed by atoms with van der Waals surface area (Å²) in [5.41, 5.74) is -0.0377. The molecular formula is C18H24N2O5S. The average molecular weight is 380 g/mol. The maximum atomic E-state index is 12.2. The molecule has 1 amide bonds. The van der Waals surface area contributed by atoms with Crippen LogP contribution < -0.4 is 0 Å². The molecule has 0 N–H and O–H groups in total. The van der Waals surface area contributed by atoms with Gasteiger partial charge in [-0.2, -0.15) is 8.42 Å². The molecule has 2 aliphatic heterocycles. The number of hydrogen-bond donors (Lipinski definition) is 0. The Bertz CT molecular complexity index is 826. The number of carbonyl (C=O) groups is 1. The third kappa shape index (κ3) is 4.17. The first-order valence-electron chi connectivity index (χ1n) is 8.71. The lowest BCUT2D eigenvalue weighted by atomic mass is 9.99. The van der Waals surface area contributed by atoms with Crippen molar-refractivity contribution in [1.29, 1.82) is 0 Å². The number of ether oxygens (including phenoxy) is 2. The van der Waals surface area contributed by atoms with Crippen LogP contribution >= 0.6 is 0 Å². The van der Waals surface area contributed by atoms with E-state index in [1.54, 1.807) is 23.1 Å². The van der Waals surface area contributed by atoms with Gasteiger partial charge in [0.15, 0.2) is 0 Å². The first-order valence-corrected chi connectivity index (χ1v) is 10.1. The summed E-state index contributed by atoms with van der Waals surface area (Å²) in [6.07, 6.45) is 1.43. The molecule has 0 unspecified atom stereocenters. The molecule has 0 spiro atoms. The highest BCUT2D eigenvalue weighted by molar-refractivity contribution is 7.90. The lowest BCUT2D eigenvalue weighted by Gasteiger charge is -2.34. The molecule has 7 nitrogen and oxygen atoms in total. The zero-order valence-electron chi connectivity index (χ0n) is 15.3. The van der Waals surface area contributed by atoms with Crippen LogP contribution in [0.15, 0.2) is 33.6 Å². The lowest BCUT2D eigenvalue weighted by molar-refractivity contribution is 0.0136. The van der Waals surface area contributed by atoms with E-state index >= 15 is 0 Å². The molecule has 0 radical (unpaired) electrons. The Morgan fingerprint density at radius 2 is 2.04 bits per heavy atom. The highest BCUT2D eigenvalue weighted by Gasteiger charge is 2.32. The van der Waals surface area contributed by atoms with Gasteiger partial charge in [-0.25, -0.2) is 4.79 Å². The van der Waals surface area contributed by atoms with Gasteiger partial charge in [0, 0.05) is 19.0 Å². The summed E-state index contributed by atoms with van der Waals surface area (Å²) in [6.45, 7) is 7.00. The van der Waals surface area contributed by atoms with E-state index < -0.39 is 15.6 Å². The van der Waals surface area contributed by atoms with Gasteiger partial charge in [0.25, 0.3) is 10.0 Å². The minimum Gasteiger partial charge on any atom is -0.476 e. The average Bonchev–Trinajstić information content (AvgIpc) is 2.83. The van der Waals surface area contributed by atoms with E-state index in [1.807, 2.05) is 20.8 Å². The van der Waals surface area contributed by atoms with Gasteiger partial charge < -0.3 is 14.4 Å². The van der Waals surface area contributed by atoms with Gasteiger partial charge in [-0.15, -0.1) is 4.40 Å². The molecule has 0 aliphatic carbocycles. The third-order valence-electron chi connectivity index (χ3n) is 4.22. The number of hydrogen-bond acceptors (Lipinski definition) is 5. The van der Waals surface area contributed by atoms with Crippen LogP contribution in [-0.4, -0.2) is 50.6 Å². The van der Waals surface area contributed by atoms with Crippen LogP contribution in [0.25, 0.3) is 0 Å². The summed E-state index contributed by atoms with van der Waals surface area (Å²) in [5, 5.41) is 0. The van der Waals surface area contributed by atoms with Crippen molar-refractivity contribution in [2.45, 2.75) is 44.1 Å². The zero-order chi connectivity index (χ0) is 18.9. The van der Waals surface area contributed by atoms with Crippen molar-refractivity contribution < 1.29 is 22.7 Å². The minimum absolute atomic E-state index is 0.106. The molecule has 1 aromatic carbocycles. The summed E-state index contributed by atoms with van der Waals surface area (Å²) in [7, 11) is -3.67. The first kappa shape index (κ1) is 18.7. The van der Waals surface area contributed by atoms with Crippen LogP contribution in [0.4, 0.5) is 4.79 Å². The van der Waals surface area contributed by atoms with Crippen molar-refractivity contribution in [3.8, 4) is 0 Å². The zero-order valence-corrected chi connectivity index (χ0v) is 16.1. The number of likely N-dealkylation sites (tertiary alicyclic amines) is 1. The van der Waals surface area contributed by atoms with Crippen molar-refractivity contribution in [2.24, 2.45) is 10.3 Å². The molecule has 0 aromatic heterocycles.